The van der Waals surface area contributed by atoms with Gasteiger partial charge in [0.05, 0.1) is 11.4 Å². The molecule has 3 nitrogen and oxygen atoms in total. The maximum Gasteiger partial charge on any atom is 0.161 e. The topological polar surface area (TPSA) is 35.0 Å². The first-order chi connectivity index (χ1) is 20.3. The molecular formula is C38H24N2O. The number of ether oxygens (including phenoxy) is 1. The molecule has 7 aromatic rings. The van der Waals surface area contributed by atoms with Crippen LogP contribution in [0.2, 0.25) is 0 Å². The van der Waals surface area contributed by atoms with E-state index in [2.05, 4.69) is 103 Å². The summed E-state index contributed by atoms with van der Waals surface area (Å²) in [4.78, 5) is 10.2. The van der Waals surface area contributed by atoms with Crippen molar-refractivity contribution in [1.29, 1.82) is 0 Å². The summed E-state index contributed by atoms with van der Waals surface area (Å²) >= 11 is 0. The maximum atomic E-state index is 6.67. The number of nitrogens with zero attached hydrogens (tertiary/aromatic N) is 2. The molecule has 0 fully saturated rings. The lowest BCUT2D eigenvalue weighted by atomic mass is 9.90. The molecule has 0 atom stereocenters. The zero-order chi connectivity index (χ0) is 27.2. The molecular weight excluding hydrogens is 500 g/mol. The highest BCUT2D eigenvalue weighted by Crippen LogP contribution is 2.51. The Labute approximate surface area is 238 Å². The van der Waals surface area contributed by atoms with Crippen molar-refractivity contribution in [3.8, 4) is 67.7 Å². The zero-order valence-corrected chi connectivity index (χ0v) is 22.2. The molecule has 0 saturated heterocycles. The van der Waals surface area contributed by atoms with E-state index in [0.717, 1.165) is 72.6 Å². The second kappa shape index (κ2) is 9.58. The van der Waals surface area contributed by atoms with Crippen LogP contribution in [0.4, 0.5) is 0 Å². The largest absolute Gasteiger partial charge is 0.455 e. The molecule has 1 aromatic heterocycles. The van der Waals surface area contributed by atoms with Crippen molar-refractivity contribution in [3.63, 3.8) is 0 Å². The first kappa shape index (κ1) is 23.4. The number of hydrogen-bond donors (Lipinski definition) is 0. The summed E-state index contributed by atoms with van der Waals surface area (Å²) in [7, 11) is 0. The van der Waals surface area contributed by atoms with Gasteiger partial charge in [-0.25, -0.2) is 9.97 Å². The molecule has 0 spiro atoms. The number of hydrogen-bond acceptors (Lipinski definition) is 3. The SMILES string of the molecule is c1ccc(-c2cc(-c3ccccc3)nc(-c3ccc4c5c(cccc35)-c3cccc(-c5ccccc5)c3O4)n2)cc1. The molecule has 0 bridgehead atoms. The Kier molecular flexibility index (Phi) is 5.46. The molecule has 8 rings (SSSR count). The van der Waals surface area contributed by atoms with Gasteiger partial charge in [-0.1, -0.05) is 127 Å². The van der Waals surface area contributed by atoms with Crippen molar-refractivity contribution < 1.29 is 4.74 Å². The van der Waals surface area contributed by atoms with E-state index in [-0.39, 0.29) is 0 Å². The number of rotatable bonds is 4. The van der Waals surface area contributed by atoms with Crippen molar-refractivity contribution in [2.24, 2.45) is 0 Å². The zero-order valence-electron chi connectivity index (χ0n) is 22.2. The molecule has 0 N–H and O–H groups in total. The van der Waals surface area contributed by atoms with Crippen LogP contribution in [0, 0.1) is 0 Å². The van der Waals surface area contributed by atoms with Crippen LogP contribution in [0.25, 0.3) is 66.9 Å². The lowest BCUT2D eigenvalue weighted by Gasteiger charge is -2.24. The Bertz CT molecular complexity index is 2000. The van der Waals surface area contributed by atoms with E-state index >= 15 is 0 Å². The maximum absolute atomic E-state index is 6.67. The molecule has 2 heterocycles. The molecule has 41 heavy (non-hydrogen) atoms. The van der Waals surface area contributed by atoms with Crippen LogP contribution in [0.1, 0.15) is 0 Å². The molecule has 0 radical (unpaired) electrons. The summed E-state index contributed by atoms with van der Waals surface area (Å²) in [5, 5.41) is 2.15. The van der Waals surface area contributed by atoms with Crippen LogP contribution in [0.3, 0.4) is 0 Å². The van der Waals surface area contributed by atoms with Crippen LogP contribution < -0.4 is 4.74 Å². The van der Waals surface area contributed by atoms with Crippen LogP contribution in [-0.4, -0.2) is 9.97 Å². The van der Waals surface area contributed by atoms with Crippen LogP contribution in [0.15, 0.2) is 146 Å². The smallest absolute Gasteiger partial charge is 0.161 e. The monoisotopic (exact) mass is 524 g/mol. The van der Waals surface area contributed by atoms with Crippen molar-refractivity contribution in [3.05, 3.63) is 146 Å². The molecule has 0 amide bonds. The van der Waals surface area contributed by atoms with Gasteiger partial charge in [-0.2, -0.15) is 0 Å². The van der Waals surface area contributed by atoms with Crippen LogP contribution in [-0.2, 0) is 0 Å². The van der Waals surface area contributed by atoms with Crippen molar-refractivity contribution >= 4 is 10.8 Å². The standard InChI is InChI=1S/C38H24N2O/c1-4-12-25(13-5-1)28-18-10-21-31-29-19-11-20-30-32(22-23-35(36(29)30)41-37(28)31)38-39-33(26-14-6-2-7-15-26)24-34(40-38)27-16-8-3-9-17-27/h1-24H. The molecule has 6 aromatic carbocycles. The van der Waals surface area contributed by atoms with Crippen LogP contribution >= 0.6 is 0 Å². The molecule has 1 aliphatic heterocycles. The van der Waals surface area contributed by atoms with E-state index in [1.165, 1.54) is 0 Å². The summed E-state index contributed by atoms with van der Waals surface area (Å²) < 4.78 is 6.67. The second-order valence-corrected chi connectivity index (χ2v) is 10.2. The van der Waals surface area contributed by atoms with E-state index in [0.29, 0.717) is 5.82 Å². The van der Waals surface area contributed by atoms with E-state index in [4.69, 9.17) is 14.7 Å². The quantitative estimate of drug-likeness (QED) is 0.230. The molecule has 0 aliphatic carbocycles. The minimum atomic E-state index is 0.692. The first-order valence-corrected chi connectivity index (χ1v) is 13.8. The summed E-state index contributed by atoms with van der Waals surface area (Å²) in [5.41, 5.74) is 9.34. The average molecular weight is 525 g/mol. The van der Waals surface area contributed by atoms with Gasteiger partial charge in [-0.15, -0.1) is 0 Å². The number of benzene rings is 6. The van der Waals surface area contributed by atoms with Crippen molar-refractivity contribution in [2.75, 3.05) is 0 Å². The lowest BCUT2D eigenvalue weighted by molar-refractivity contribution is 0.489. The van der Waals surface area contributed by atoms with Gasteiger partial charge >= 0.3 is 0 Å². The van der Waals surface area contributed by atoms with Gasteiger partial charge in [0.1, 0.15) is 11.5 Å². The highest BCUT2D eigenvalue weighted by Gasteiger charge is 2.25. The fourth-order valence-electron chi connectivity index (χ4n) is 5.77. The van der Waals surface area contributed by atoms with Gasteiger partial charge in [-0.05, 0) is 34.7 Å². The highest BCUT2D eigenvalue weighted by atomic mass is 16.5. The fourth-order valence-corrected chi connectivity index (χ4v) is 5.77. The predicted molar refractivity (Wildman–Crippen MR) is 167 cm³/mol. The van der Waals surface area contributed by atoms with E-state index < -0.39 is 0 Å². The summed E-state index contributed by atoms with van der Waals surface area (Å²) in [5.74, 6) is 2.43. The Morgan fingerprint density at radius 1 is 0.415 bits per heavy atom. The Morgan fingerprint density at radius 3 is 1.63 bits per heavy atom. The van der Waals surface area contributed by atoms with Crippen molar-refractivity contribution in [1.82, 2.24) is 9.97 Å². The van der Waals surface area contributed by atoms with Crippen LogP contribution in [0.5, 0.6) is 11.5 Å². The number of fused-ring (bicyclic) bond motifs is 2. The highest BCUT2D eigenvalue weighted by molar-refractivity contribution is 6.10. The molecule has 1 aliphatic rings. The summed E-state index contributed by atoms with van der Waals surface area (Å²) in [6, 6.07) is 50.0. The summed E-state index contributed by atoms with van der Waals surface area (Å²) in [6.07, 6.45) is 0. The Morgan fingerprint density at radius 2 is 0.976 bits per heavy atom. The second-order valence-electron chi connectivity index (χ2n) is 10.2. The first-order valence-electron chi connectivity index (χ1n) is 13.8. The molecule has 0 unspecified atom stereocenters. The third kappa shape index (κ3) is 3.98. The third-order valence-electron chi connectivity index (χ3n) is 7.71. The van der Waals surface area contributed by atoms with Gasteiger partial charge in [-0.3, -0.25) is 0 Å². The third-order valence-corrected chi connectivity index (χ3v) is 7.71. The van der Waals surface area contributed by atoms with E-state index in [1.807, 2.05) is 42.5 Å². The number of para-hydroxylation sites is 1. The Hall–Kier alpha value is -5.54. The normalized spacial score (nSPS) is 11.6. The molecule has 3 heteroatoms. The van der Waals surface area contributed by atoms with Gasteiger partial charge in [0.2, 0.25) is 0 Å². The molecule has 0 saturated carbocycles. The van der Waals surface area contributed by atoms with E-state index in [1.54, 1.807) is 0 Å². The van der Waals surface area contributed by atoms with Gasteiger partial charge in [0, 0.05) is 33.2 Å². The average Bonchev–Trinajstić information content (AvgIpc) is 3.06. The lowest BCUT2D eigenvalue weighted by Crippen LogP contribution is -2.01. The minimum Gasteiger partial charge on any atom is -0.455 e. The van der Waals surface area contributed by atoms with E-state index in [9.17, 15) is 0 Å². The van der Waals surface area contributed by atoms with Gasteiger partial charge in [0.15, 0.2) is 5.82 Å². The number of aromatic nitrogens is 2. The minimum absolute atomic E-state index is 0.692. The van der Waals surface area contributed by atoms with Crippen molar-refractivity contribution in [2.45, 2.75) is 0 Å². The summed E-state index contributed by atoms with van der Waals surface area (Å²) in [6.45, 7) is 0. The fraction of sp³-hybridized carbons (Fsp3) is 0. The molecule has 192 valence electrons. The predicted octanol–water partition coefficient (Wildman–Crippen LogP) is 10.1. The Balaban J connectivity index is 1.35. The van der Waals surface area contributed by atoms with Gasteiger partial charge in [0.25, 0.3) is 0 Å². The van der Waals surface area contributed by atoms with Gasteiger partial charge < -0.3 is 4.74 Å².